The van der Waals surface area contributed by atoms with Gasteiger partial charge in [0.05, 0.1) is 5.69 Å². The molecule has 0 aliphatic carbocycles. The molecule has 3 N–H and O–H groups in total. The number of hydrogen-bond donors (Lipinski definition) is 2. The predicted molar refractivity (Wildman–Crippen MR) is 89.6 cm³/mol. The van der Waals surface area contributed by atoms with Crippen LogP contribution in [-0.2, 0) is 0 Å². The molecule has 1 amide bonds. The molecule has 23 heavy (non-hydrogen) atoms. The van der Waals surface area contributed by atoms with Gasteiger partial charge < -0.3 is 11.1 Å². The summed E-state index contributed by atoms with van der Waals surface area (Å²) in [5.41, 5.74) is 9.74. The monoisotopic (exact) mass is 307 g/mol. The van der Waals surface area contributed by atoms with Gasteiger partial charge in [0.25, 0.3) is 5.91 Å². The lowest BCUT2D eigenvalue weighted by molar-refractivity contribution is 0.102. The van der Waals surface area contributed by atoms with Gasteiger partial charge in [0.2, 0.25) is 0 Å². The minimum Gasteiger partial charge on any atom is -0.382 e. The number of aryl methyl sites for hydroxylation is 2. The molecule has 0 bridgehead atoms. The van der Waals surface area contributed by atoms with Crippen molar-refractivity contribution in [3.63, 3.8) is 0 Å². The lowest BCUT2D eigenvalue weighted by atomic mass is 10.2. The van der Waals surface area contributed by atoms with Gasteiger partial charge in [-0.3, -0.25) is 4.79 Å². The van der Waals surface area contributed by atoms with E-state index in [-0.39, 0.29) is 17.4 Å². The number of nitrogens with two attached hydrogens (primary N) is 1. The average Bonchev–Trinajstić information content (AvgIpc) is 2.89. The summed E-state index contributed by atoms with van der Waals surface area (Å²) in [5, 5.41) is 10.7. The number of nitrogens with one attached hydrogen (secondary N) is 1. The lowest BCUT2D eigenvalue weighted by Crippen LogP contribution is -2.15. The second kappa shape index (κ2) is 5.92. The standard InChI is InChI=1S/C17H17N5O/c1-11-5-3-7-13(9-11)19-17(23)15-16(18)22(21-20-15)14-8-4-6-12(2)10-14/h3-10H,18H2,1-2H3,(H,19,23). The van der Waals surface area contributed by atoms with Gasteiger partial charge in [-0.05, 0) is 49.2 Å². The number of rotatable bonds is 3. The van der Waals surface area contributed by atoms with Crippen molar-refractivity contribution < 1.29 is 4.79 Å². The van der Waals surface area contributed by atoms with Crippen LogP contribution in [0.1, 0.15) is 21.6 Å². The number of nitrogen functional groups attached to an aromatic ring is 1. The van der Waals surface area contributed by atoms with Gasteiger partial charge in [0.1, 0.15) is 0 Å². The van der Waals surface area contributed by atoms with Crippen molar-refractivity contribution in [2.45, 2.75) is 13.8 Å². The summed E-state index contributed by atoms with van der Waals surface area (Å²) < 4.78 is 1.46. The topological polar surface area (TPSA) is 85.8 Å². The Labute approximate surface area is 133 Å². The molecule has 0 aliphatic rings. The van der Waals surface area contributed by atoms with Gasteiger partial charge in [-0.25, -0.2) is 0 Å². The number of carbonyl (C=O) groups excluding carboxylic acids is 1. The summed E-state index contributed by atoms with van der Waals surface area (Å²) in [6.07, 6.45) is 0. The first-order chi connectivity index (χ1) is 11.0. The van der Waals surface area contributed by atoms with Crippen molar-refractivity contribution in [1.82, 2.24) is 15.0 Å². The third-order valence-corrected chi connectivity index (χ3v) is 3.44. The van der Waals surface area contributed by atoms with Crippen LogP contribution in [0.2, 0.25) is 0 Å². The van der Waals surface area contributed by atoms with Gasteiger partial charge in [0.15, 0.2) is 11.5 Å². The molecular weight excluding hydrogens is 290 g/mol. The van der Waals surface area contributed by atoms with Crippen LogP contribution in [0.5, 0.6) is 0 Å². The van der Waals surface area contributed by atoms with Crippen molar-refractivity contribution >= 4 is 17.4 Å². The average molecular weight is 307 g/mol. The van der Waals surface area contributed by atoms with Crippen molar-refractivity contribution in [1.29, 1.82) is 0 Å². The lowest BCUT2D eigenvalue weighted by Gasteiger charge is -2.06. The first-order valence-corrected chi connectivity index (χ1v) is 7.21. The van der Waals surface area contributed by atoms with Crippen LogP contribution in [0, 0.1) is 13.8 Å². The maximum absolute atomic E-state index is 12.4. The molecule has 0 spiro atoms. The zero-order chi connectivity index (χ0) is 16.4. The Morgan fingerprint density at radius 2 is 1.78 bits per heavy atom. The molecule has 0 saturated carbocycles. The first-order valence-electron chi connectivity index (χ1n) is 7.21. The highest BCUT2D eigenvalue weighted by Crippen LogP contribution is 2.18. The molecule has 3 aromatic rings. The SMILES string of the molecule is Cc1cccc(NC(=O)c2nnn(-c3cccc(C)c3)c2N)c1. The largest absolute Gasteiger partial charge is 0.382 e. The molecule has 1 heterocycles. The molecule has 0 atom stereocenters. The third-order valence-electron chi connectivity index (χ3n) is 3.44. The Kier molecular flexibility index (Phi) is 3.80. The van der Waals surface area contributed by atoms with E-state index in [1.807, 2.05) is 62.4 Å². The number of carbonyl (C=O) groups is 1. The third kappa shape index (κ3) is 3.06. The fraction of sp³-hybridized carbons (Fsp3) is 0.118. The van der Waals surface area contributed by atoms with Crippen LogP contribution >= 0.6 is 0 Å². The summed E-state index contributed by atoms with van der Waals surface area (Å²) in [5.74, 6) is -0.173. The molecule has 116 valence electrons. The molecule has 0 fully saturated rings. The molecule has 2 aromatic carbocycles. The fourth-order valence-corrected chi connectivity index (χ4v) is 2.31. The molecule has 0 aliphatic heterocycles. The number of hydrogen-bond acceptors (Lipinski definition) is 4. The molecule has 6 heteroatoms. The summed E-state index contributed by atoms with van der Waals surface area (Å²) in [7, 11) is 0. The summed E-state index contributed by atoms with van der Waals surface area (Å²) in [6.45, 7) is 3.93. The number of amides is 1. The van der Waals surface area contributed by atoms with E-state index in [4.69, 9.17) is 5.73 Å². The molecular formula is C17H17N5O. The van der Waals surface area contributed by atoms with E-state index >= 15 is 0 Å². The van der Waals surface area contributed by atoms with Crippen LogP contribution in [0.3, 0.4) is 0 Å². The normalized spacial score (nSPS) is 10.5. The van der Waals surface area contributed by atoms with Gasteiger partial charge in [0, 0.05) is 5.69 Å². The van der Waals surface area contributed by atoms with E-state index in [1.165, 1.54) is 4.68 Å². The van der Waals surface area contributed by atoms with Crippen LogP contribution in [0.4, 0.5) is 11.5 Å². The van der Waals surface area contributed by atoms with Crippen molar-refractivity contribution in [3.05, 3.63) is 65.4 Å². The molecule has 3 rings (SSSR count). The second-order valence-electron chi connectivity index (χ2n) is 5.40. The Balaban J connectivity index is 1.88. The Morgan fingerprint density at radius 1 is 1.09 bits per heavy atom. The quantitative estimate of drug-likeness (QED) is 0.779. The first kappa shape index (κ1) is 14.8. The second-order valence-corrected chi connectivity index (χ2v) is 5.40. The summed E-state index contributed by atoms with van der Waals surface area (Å²) in [6, 6.07) is 15.2. The zero-order valence-corrected chi connectivity index (χ0v) is 12.9. The minimum absolute atomic E-state index is 0.105. The Hall–Kier alpha value is -3.15. The van der Waals surface area contributed by atoms with Gasteiger partial charge in [-0.1, -0.05) is 29.5 Å². The maximum atomic E-state index is 12.4. The highest BCUT2D eigenvalue weighted by molar-refractivity contribution is 6.05. The minimum atomic E-state index is -0.382. The fourth-order valence-electron chi connectivity index (χ4n) is 2.31. The molecule has 0 radical (unpaired) electrons. The number of anilines is 2. The predicted octanol–water partition coefficient (Wildman–Crippen LogP) is 2.72. The van der Waals surface area contributed by atoms with Gasteiger partial charge in [-0.15, -0.1) is 5.10 Å². The van der Waals surface area contributed by atoms with E-state index in [2.05, 4.69) is 15.6 Å². The van der Waals surface area contributed by atoms with Crippen LogP contribution in [-0.4, -0.2) is 20.9 Å². The highest BCUT2D eigenvalue weighted by Gasteiger charge is 2.18. The van der Waals surface area contributed by atoms with Gasteiger partial charge >= 0.3 is 0 Å². The summed E-state index contributed by atoms with van der Waals surface area (Å²) >= 11 is 0. The maximum Gasteiger partial charge on any atom is 0.280 e. The summed E-state index contributed by atoms with van der Waals surface area (Å²) in [4.78, 5) is 12.4. The molecule has 0 unspecified atom stereocenters. The van der Waals surface area contributed by atoms with E-state index < -0.39 is 0 Å². The van der Waals surface area contributed by atoms with Crippen LogP contribution in [0.25, 0.3) is 5.69 Å². The number of aromatic nitrogens is 3. The van der Waals surface area contributed by atoms with E-state index in [0.29, 0.717) is 5.69 Å². The van der Waals surface area contributed by atoms with E-state index in [1.54, 1.807) is 0 Å². The molecule has 0 saturated heterocycles. The van der Waals surface area contributed by atoms with Crippen molar-refractivity contribution in [2.75, 3.05) is 11.1 Å². The molecule has 6 nitrogen and oxygen atoms in total. The van der Waals surface area contributed by atoms with Crippen LogP contribution in [0.15, 0.2) is 48.5 Å². The number of nitrogens with zero attached hydrogens (tertiary/aromatic N) is 3. The Morgan fingerprint density at radius 3 is 2.48 bits per heavy atom. The van der Waals surface area contributed by atoms with E-state index in [9.17, 15) is 4.79 Å². The van der Waals surface area contributed by atoms with Crippen molar-refractivity contribution in [3.8, 4) is 5.69 Å². The highest BCUT2D eigenvalue weighted by atomic mass is 16.2. The van der Waals surface area contributed by atoms with Crippen LogP contribution < -0.4 is 11.1 Å². The van der Waals surface area contributed by atoms with Crippen molar-refractivity contribution in [2.24, 2.45) is 0 Å². The Bertz CT molecular complexity index is 869. The smallest absolute Gasteiger partial charge is 0.280 e. The van der Waals surface area contributed by atoms with Gasteiger partial charge in [-0.2, -0.15) is 4.68 Å². The zero-order valence-electron chi connectivity index (χ0n) is 12.9. The molecule has 1 aromatic heterocycles. The number of benzene rings is 2. The van der Waals surface area contributed by atoms with E-state index in [0.717, 1.165) is 16.8 Å².